The summed E-state index contributed by atoms with van der Waals surface area (Å²) < 4.78 is 17.2. The van der Waals surface area contributed by atoms with E-state index in [2.05, 4.69) is 26.1 Å². The number of carboxylic acids is 1. The minimum Gasteiger partial charge on any atom is -0.480 e. The summed E-state index contributed by atoms with van der Waals surface area (Å²) in [6, 6.07) is 19.5. The van der Waals surface area contributed by atoms with E-state index in [-0.39, 0.29) is 29.7 Å². The molecule has 0 spiro atoms. The molecule has 2 fully saturated rings. The number of esters is 1. The third kappa shape index (κ3) is 7.05. The van der Waals surface area contributed by atoms with Gasteiger partial charge in [0.25, 0.3) is 5.91 Å². The Hall–Kier alpha value is -4.60. The lowest BCUT2D eigenvalue weighted by atomic mass is 9.70. The minimum atomic E-state index is -1.54. The zero-order valence-corrected chi connectivity index (χ0v) is 25.8. The molecule has 1 heterocycles. The van der Waals surface area contributed by atoms with Crippen LogP contribution in [0.5, 0.6) is 0 Å². The van der Waals surface area contributed by atoms with Gasteiger partial charge in [-0.25, -0.2) is 4.79 Å². The van der Waals surface area contributed by atoms with E-state index in [1.807, 2.05) is 36.4 Å². The number of fused-ring (bicyclic) bond motifs is 2. The Bertz CT molecular complexity index is 1490. The molecule has 10 nitrogen and oxygen atoms in total. The Kier molecular flexibility index (Phi) is 9.32. The van der Waals surface area contributed by atoms with E-state index < -0.39 is 48.5 Å². The van der Waals surface area contributed by atoms with Crippen molar-refractivity contribution in [1.82, 2.24) is 5.32 Å². The number of carbonyl (C=O) groups is 4. The number of furan rings is 1. The van der Waals surface area contributed by atoms with E-state index in [1.165, 1.54) is 18.4 Å². The van der Waals surface area contributed by atoms with Gasteiger partial charge in [0, 0.05) is 16.9 Å². The number of ether oxygens (including phenoxy) is 2. The maximum Gasteiger partial charge on any atom is 0.408 e. The van der Waals surface area contributed by atoms with E-state index in [0.29, 0.717) is 5.92 Å². The van der Waals surface area contributed by atoms with Gasteiger partial charge in [-0.05, 0) is 48.8 Å². The summed E-state index contributed by atoms with van der Waals surface area (Å²) in [7, 11) is 0. The van der Waals surface area contributed by atoms with E-state index in [0.717, 1.165) is 35.3 Å². The van der Waals surface area contributed by atoms with Crippen LogP contribution in [0.25, 0.3) is 0 Å². The van der Waals surface area contributed by atoms with Gasteiger partial charge in [-0.15, -0.1) is 0 Å². The molecule has 2 aliphatic rings. The number of hydrogen-bond acceptors (Lipinski definition) is 7. The first-order valence-electron chi connectivity index (χ1n) is 15.3. The number of amides is 2. The van der Waals surface area contributed by atoms with Gasteiger partial charge in [0.1, 0.15) is 25.3 Å². The normalized spacial score (nSPS) is 22.6. The highest BCUT2D eigenvalue weighted by atomic mass is 16.6. The quantitative estimate of drug-likeness (QED) is 0.251. The second kappa shape index (κ2) is 13.2. The zero-order chi connectivity index (χ0) is 32.2. The largest absolute Gasteiger partial charge is 0.480 e. The first kappa shape index (κ1) is 31.8. The number of hydrogen-bond donors (Lipinski definition) is 2. The Labute approximate surface area is 262 Å². The Morgan fingerprint density at radius 1 is 0.978 bits per heavy atom. The van der Waals surface area contributed by atoms with Gasteiger partial charge in [0.05, 0.1) is 12.2 Å². The van der Waals surface area contributed by atoms with Crippen LogP contribution in [0.4, 0.5) is 10.7 Å². The summed E-state index contributed by atoms with van der Waals surface area (Å²) in [5.74, 6) is -3.65. The standard InChI is InChI=1S/C35H40N2O8/c1-34(2)25-16-17-35(3,20-25)32(34)45-31(41)26(19-23-11-6-4-7-12-23)29(36-33(42)44-22-24-13-8-5-9-14-24)30(40)37(21-28(38)39)27-15-10-18-43-27/h4-15,18,25-26,29,32H,16-17,19-22H2,1-3H3,(H,36,42)(H,38,39)/t25?,26?,29-,32?,35?/m0/s1. The lowest BCUT2D eigenvalue weighted by molar-refractivity contribution is -0.171. The predicted octanol–water partition coefficient (Wildman–Crippen LogP) is 5.61. The Balaban J connectivity index is 1.49. The highest BCUT2D eigenvalue weighted by molar-refractivity contribution is 6.03. The third-order valence-electron chi connectivity index (χ3n) is 9.46. The number of carboxylic acid groups (broad SMARTS) is 1. The molecular weight excluding hydrogens is 576 g/mol. The summed E-state index contributed by atoms with van der Waals surface area (Å²) in [6.45, 7) is 5.53. The number of nitrogens with zero attached hydrogens (tertiary/aromatic N) is 1. The molecule has 2 aromatic carbocycles. The maximum absolute atomic E-state index is 14.3. The monoisotopic (exact) mass is 616 g/mol. The molecule has 0 radical (unpaired) electrons. The molecule has 2 bridgehead atoms. The maximum atomic E-state index is 14.3. The number of rotatable bonds is 12. The SMILES string of the molecule is CC12CCC(C1)C(C)(C)C2OC(=O)C(Cc1ccccc1)[C@H](NC(=O)OCc1ccccc1)C(=O)N(CC(=O)O)c1ccco1. The minimum absolute atomic E-state index is 0.0413. The average molecular weight is 617 g/mol. The second-order valence-electron chi connectivity index (χ2n) is 13.0. The average Bonchev–Trinajstić information content (AvgIpc) is 3.74. The number of nitrogens with one attached hydrogen (secondary N) is 1. The van der Waals surface area contributed by atoms with Crippen LogP contribution in [0.1, 0.15) is 51.2 Å². The van der Waals surface area contributed by atoms with E-state index in [9.17, 15) is 24.3 Å². The van der Waals surface area contributed by atoms with Gasteiger partial charge in [-0.3, -0.25) is 19.3 Å². The molecular formula is C35H40N2O8. The van der Waals surface area contributed by atoms with Crippen LogP contribution in [0, 0.1) is 22.7 Å². The highest BCUT2D eigenvalue weighted by Gasteiger charge is 2.61. The smallest absolute Gasteiger partial charge is 0.408 e. The van der Waals surface area contributed by atoms with Crippen molar-refractivity contribution in [2.45, 2.75) is 65.2 Å². The van der Waals surface area contributed by atoms with Crippen molar-refractivity contribution in [3.8, 4) is 0 Å². The van der Waals surface area contributed by atoms with E-state index >= 15 is 0 Å². The van der Waals surface area contributed by atoms with Gasteiger partial charge in [0.2, 0.25) is 5.88 Å². The van der Waals surface area contributed by atoms with Gasteiger partial charge in [-0.2, -0.15) is 0 Å². The summed E-state index contributed by atoms with van der Waals surface area (Å²) in [4.78, 5) is 54.7. The topological polar surface area (TPSA) is 135 Å². The number of benzene rings is 2. The lowest BCUT2D eigenvalue weighted by Gasteiger charge is -2.42. The van der Waals surface area contributed by atoms with Gasteiger partial charge >= 0.3 is 18.0 Å². The van der Waals surface area contributed by atoms with Crippen molar-refractivity contribution >= 4 is 29.8 Å². The molecule has 45 heavy (non-hydrogen) atoms. The summed E-state index contributed by atoms with van der Waals surface area (Å²) >= 11 is 0. The molecule has 2 aliphatic carbocycles. The van der Waals surface area contributed by atoms with Crippen molar-refractivity contribution in [3.63, 3.8) is 0 Å². The molecule has 238 valence electrons. The number of aliphatic carboxylic acids is 1. The molecule has 2 saturated carbocycles. The molecule has 0 aliphatic heterocycles. The van der Waals surface area contributed by atoms with Crippen LogP contribution in [0.3, 0.4) is 0 Å². The van der Waals surface area contributed by atoms with Crippen LogP contribution in [-0.2, 0) is 36.9 Å². The molecule has 10 heteroatoms. The summed E-state index contributed by atoms with van der Waals surface area (Å²) in [5.41, 5.74) is 0.987. The van der Waals surface area contributed by atoms with Crippen molar-refractivity contribution < 1.29 is 38.2 Å². The van der Waals surface area contributed by atoms with Gasteiger partial charge < -0.3 is 24.3 Å². The number of alkyl carbamates (subject to hydrolysis) is 1. The second-order valence-corrected chi connectivity index (χ2v) is 13.0. The molecule has 4 unspecified atom stereocenters. The molecule has 3 aromatic rings. The van der Waals surface area contributed by atoms with Crippen molar-refractivity contribution in [2.75, 3.05) is 11.4 Å². The molecule has 5 atom stereocenters. The fraction of sp³-hybridized carbons (Fsp3) is 0.429. The first-order chi connectivity index (χ1) is 21.5. The van der Waals surface area contributed by atoms with Crippen molar-refractivity contribution in [3.05, 3.63) is 90.2 Å². The predicted molar refractivity (Wildman–Crippen MR) is 165 cm³/mol. The van der Waals surface area contributed by atoms with Crippen molar-refractivity contribution in [1.29, 1.82) is 0 Å². The van der Waals surface area contributed by atoms with Gasteiger partial charge in [0.15, 0.2) is 0 Å². The molecule has 1 aromatic heterocycles. The van der Waals surface area contributed by atoms with Crippen LogP contribution < -0.4 is 10.2 Å². The fourth-order valence-corrected chi connectivity index (χ4v) is 7.18. The molecule has 5 rings (SSSR count). The highest BCUT2D eigenvalue weighted by Crippen LogP contribution is 2.63. The summed E-state index contributed by atoms with van der Waals surface area (Å²) in [5, 5.41) is 12.3. The Morgan fingerprint density at radius 2 is 1.64 bits per heavy atom. The molecule has 0 saturated heterocycles. The first-order valence-corrected chi connectivity index (χ1v) is 15.3. The molecule has 2 N–H and O–H groups in total. The summed E-state index contributed by atoms with van der Waals surface area (Å²) in [6.07, 6.45) is 2.95. The number of carbonyl (C=O) groups excluding carboxylic acids is 3. The fourth-order valence-electron chi connectivity index (χ4n) is 7.18. The van der Waals surface area contributed by atoms with Crippen LogP contribution in [0.2, 0.25) is 0 Å². The Morgan fingerprint density at radius 3 is 2.22 bits per heavy atom. The van der Waals surface area contributed by atoms with Gasteiger partial charge in [-0.1, -0.05) is 81.4 Å². The van der Waals surface area contributed by atoms with Crippen LogP contribution in [-0.4, -0.2) is 47.7 Å². The van der Waals surface area contributed by atoms with Crippen LogP contribution in [0.15, 0.2) is 83.5 Å². The van der Waals surface area contributed by atoms with Crippen LogP contribution >= 0.6 is 0 Å². The van der Waals surface area contributed by atoms with Crippen molar-refractivity contribution in [2.24, 2.45) is 22.7 Å². The van der Waals surface area contributed by atoms with E-state index in [1.54, 1.807) is 24.3 Å². The number of anilines is 1. The third-order valence-corrected chi connectivity index (χ3v) is 9.46. The molecule has 2 amide bonds. The zero-order valence-electron chi connectivity index (χ0n) is 25.8. The van der Waals surface area contributed by atoms with E-state index in [4.69, 9.17) is 13.9 Å². The lowest BCUT2D eigenvalue weighted by Crippen LogP contribution is -2.57.